The molecule has 0 fully saturated rings. The molecular formula is C12H21N3O3. The van der Waals surface area contributed by atoms with Crippen molar-refractivity contribution in [3.05, 3.63) is 11.9 Å². The molecule has 102 valence electrons. The van der Waals surface area contributed by atoms with Gasteiger partial charge in [-0.25, -0.2) is 4.68 Å². The highest BCUT2D eigenvalue weighted by Crippen LogP contribution is 1.94. The highest BCUT2D eigenvalue weighted by Gasteiger charge is 2.04. The van der Waals surface area contributed by atoms with Crippen molar-refractivity contribution in [2.24, 2.45) is 0 Å². The van der Waals surface area contributed by atoms with E-state index in [-0.39, 0.29) is 5.78 Å². The Morgan fingerprint density at radius 3 is 2.61 bits per heavy atom. The highest BCUT2D eigenvalue weighted by molar-refractivity contribution is 5.91. The molecule has 1 rings (SSSR count). The van der Waals surface area contributed by atoms with E-state index in [4.69, 9.17) is 9.47 Å². The maximum absolute atomic E-state index is 11.0. The van der Waals surface area contributed by atoms with E-state index < -0.39 is 0 Å². The van der Waals surface area contributed by atoms with Crippen LogP contribution in [0.4, 0.5) is 0 Å². The van der Waals surface area contributed by atoms with Crippen LogP contribution in [0.15, 0.2) is 6.20 Å². The van der Waals surface area contributed by atoms with Crippen molar-refractivity contribution in [2.75, 3.05) is 26.4 Å². The summed E-state index contributed by atoms with van der Waals surface area (Å²) in [6, 6.07) is 0. The van der Waals surface area contributed by atoms with E-state index in [1.807, 2.05) is 0 Å². The van der Waals surface area contributed by atoms with Crippen molar-refractivity contribution in [1.82, 2.24) is 15.0 Å². The average molecular weight is 255 g/mol. The fourth-order valence-corrected chi connectivity index (χ4v) is 1.30. The van der Waals surface area contributed by atoms with Gasteiger partial charge in [-0.2, -0.15) is 0 Å². The Morgan fingerprint density at radius 2 is 2.00 bits per heavy atom. The van der Waals surface area contributed by atoms with Gasteiger partial charge in [-0.1, -0.05) is 18.6 Å². The fraction of sp³-hybridized carbons (Fsp3) is 0.750. The number of ether oxygens (including phenoxy) is 2. The van der Waals surface area contributed by atoms with Crippen LogP contribution in [0.1, 0.15) is 37.2 Å². The van der Waals surface area contributed by atoms with E-state index in [2.05, 4.69) is 17.2 Å². The third kappa shape index (κ3) is 5.88. The van der Waals surface area contributed by atoms with E-state index in [0.29, 0.717) is 32.1 Å². The van der Waals surface area contributed by atoms with E-state index in [1.54, 1.807) is 10.9 Å². The molecule has 1 aromatic rings. The summed E-state index contributed by atoms with van der Waals surface area (Å²) in [5.41, 5.74) is 0.387. The molecule has 0 amide bonds. The predicted molar refractivity (Wildman–Crippen MR) is 66.6 cm³/mol. The molecule has 6 heteroatoms. The van der Waals surface area contributed by atoms with Crippen molar-refractivity contribution in [3.63, 3.8) is 0 Å². The van der Waals surface area contributed by atoms with Gasteiger partial charge in [0.2, 0.25) is 0 Å². The predicted octanol–water partition coefficient (Wildman–Crippen LogP) is 1.31. The molecule has 1 heterocycles. The topological polar surface area (TPSA) is 66.2 Å². The number of Topliss-reactive ketones (excluding diaryl/α,β-unsaturated/α-hetero) is 1. The van der Waals surface area contributed by atoms with Gasteiger partial charge in [0.15, 0.2) is 5.78 Å². The zero-order valence-corrected chi connectivity index (χ0v) is 11.1. The number of unbranched alkanes of at least 4 members (excludes halogenated alkanes) is 1. The summed E-state index contributed by atoms with van der Waals surface area (Å²) in [5.74, 6) is -0.0773. The van der Waals surface area contributed by atoms with Crippen LogP contribution in [0.2, 0.25) is 0 Å². The van der Waals surface area contributed by atoms with Crippen molar-refractivity contribution in [1.29, 1.82) is 0 Å². The van der Waals surface area contributed by atoms with Crippen LogP contribution >= 0.6 is 0 Å². The molecule has 18 heavy (non-hydrogen) atoms. The van der Waals surface area contributed by atoms with Gasteiger partial charge in [-0.15, -0.1) is 5.10 Å². The van der Waals surface area contributed by atoms with Gasteiger partial charge < -0.3 is 9.47 Å². The number of nitrogens with zero attached hydrogens (tertiary/aromatic N) is 3. The second-order valence-corrected chi connectivity index (χ2v) is 4.00. The largest absolute Gasteiger partial charge is 0.379 e. The number of rotatable bonds is 10. The minimum Gasteiger partial charge on any atom is -0.379 e. The van der Waals surface area contributed by atoms with Crippen LogP contribution in [0, 0.1) is 0 Å². The van der Waals surface area contributed by atoms with Crippen LogP contribution in [0.5, 0.6) is 0 Å². The van der Waals surface area contributed by atoms with Crippen LogP contribution in [-0.4, -0.2) is 47.2 Å². The molecule has 0 bridgehead atoms. The quantitative estimate of drug-likeness (QED) is 0.466. The van der Waals surface area contributed by atoms with Gasteiger partial charge in [0.05, 0.1) is 32.6 Å². The Kier molecular flexibility index (Phi) is 7.20. The lowest BCUT2D eigenvalue weighted by Gasteiger charge is -2.05. The first-order valence-electron chi connectivity index (χ1n) is 6.30. The molecule has 0 aliphatic carbocycles. The van der Waals surface area contributed by atoms with Gasteiger partial charge in [-0.05, 0) is 6.42 Å². The molecule has 1 aromatic heterocycles. The molecule has 0 N–H and O–H groups in total. The Morgan fingerprint density at radius 1 is 1.28 bits per heavy atom. The van der Waals surface area contributed by atoms with Crippen molar-refractivity contribution < 1.29 is 14.3 Å². The molecule has 0 saturated carbocycles. The Hall–Kier alpha value is -1.27. The standard InChI is InChI=1S/C12H21N3O3/c1-3-4-6-17-8-9-18-7-5-15-10-12(11(2)16)13-14-15/h10H,3-9H2,1-2H3. The summed E-state index contributed by atoms with van der Waals surface area (Å²) in [6.45, 7) is 6.73. The molecule has 0 unspecified atom stereocenters. The van der Waals surface area contributed by atoms with Crippen molar-refractivity contribution in [3.8, 4) is 0 Å². The Bertz CT molecular complexity index is 352. The van der Waals surface area contributed by atoms with Crippen LogP contribution < -0.4 is 0 Å². The normalized spacial score (nSPS) is 10.8. The lowest BCUT2D eigenvalue weighted by molar-refractivity contribution is 0.0429. The summed E-state index contributed by atoms with van der Waals surface area (Å²) in [4.78, 5) is 11.0. The fourth-order valence-electron chi connectivity index (χ4n) is 1.30. The average Bonchev–Trinajstić information content (AvgIpc) is 2.81. The van der Waals surface area contributed by atoms with Gasteiger partial charge in [-0.3, -0.25) is 4.79 Å². The lowest BCUT2D eigenvalue weighted by Crippen LogP contribution is -2.10. The van der Waals surface area contributed by atoms with Crippen LogP contribution in [0.25, 0.3) is 0 Å². The number of carbonyl (C=O) groups is 1. The maximum atomic E-state index is 11.0. The van der Waals surface area contributed by atoms with Crippen molar-refractivity contribution >= 4 is 5.78 Å². The number of hydrogen-bond acceptors (Lipinski definition) is 5. The summed E-state index contributed by atoms with van der Waals surface area (Å²) < 4.78 is 12.4. The Labute approximate surface area is 107 Å². The third-order valence-electron chi connectivity index (χ3n) is 2.38. The van der Waals surface area contributed by atoms with Crippen LogP contribution in [0.3, 0.4) is 0 Å². The second-order valence-electron chi connectivity index (χ2n) is 4.00. The summed E-state index contributed by atoms with van der Waals surface area (Å²) in [6.07, 6.45) is 3.86. The minimum atomic E-state index is -0.0773. The van der Waals surface area contributed by atoms with E-state index in [1.165, 1.54) is 6.92 Å². The third-order valence-corrected chi connectivity index (χ3v) is 2.38. The zero-order valence-electron chi connectivity index (χ0n) is 11.1. The second kappa shape index (κ2) is 8.77. The summed E-state index contributed by atoms with van der Waals surface area (Å²) in [7, 11) is 0. The number of aromatic nitrogens is 3. The molecule has 0 radical (unpaired) electrons. The molecule has 0 aliphatic heterocycles. The molecule has 0 saturated heterocycles. The molecule has 0 aliphatic rings. The van der Waals surface area contributed by atoms with E-state index in [0.717, 1.165) is 19.4 Å². The zero-order chi connectivity index (χ0) is 13.2. The maximum Gasteiger partial charge on any atom is 0.181 e. The van der Waals surface area contributed by atoms with Crippen molar-refractivity contribution in [2.45, 2.75) is 33.2 Å². The summed E-state index contributed by atoms with van der Waals surface area (Å²) in [5, 5.41) is 7.58. The monoisotopic (exact) mass is 255 g/mol. The van der Waals surface area contributed by atoms with E-state index >= 15 is 0 Å². The molecule has 0 atom stereocenters. The molecular weight excluding hydrogens is 234 g/mol. The number of carbonyl (C=O) groups excluding carboxylic acids is 1. The smallest absolute Gasteiger partial charge is 0.181 e. The highest BCUT2D eigenvalue weighted by atomic mass is 16.5. The first-order valence-corrected chi connectivity index (χ1v) is 6.30. The lowest BCUT2D eigenvalue weighted by atomic mass is 10.3. The number of hydrogen-bond donors (Lipinski definition) is 0. The van der Waals surface area contributed by atoms with Gasteiger partial charge >= 0.3 is 0 Å². The molecule has 6 nitrogen and oxygen atoms in total. The minimum absolute atomic E-state index is 0.0773. The molecule has 0 spiro atoms. The van der Waals surface area contributed by atoms with Gasteiger partial charge in [0, 0.05) is 13.5 Å². The Balaban J connectivity index is 2.02. The van der Waals surface area contributed by atoms with Gasteiger partial charge in [0.25, 0.3) is 0 Å². The first kappa shape index (κ1) is 14.8. The van der Waals surface area contributed by atoms with Gasteiger partial charge in [0.1, 0.15) is 5.69 Å². The number of ketones is 1. The molecule has 0 aromatic carbocycles. The summed E-state index contributed by atoms with van der Waals surface area (Å²) >= 11 is 0. The SMILES string of the molecule is CCCCOCCOCCn1cc(C(C)=O)nn1. The van der Waals surface area contributed by atoms with Crippen LogP contribution in [-0.2, 0) is 16.0 Å². The first-order chi connectivity index (χ1) is 8.74. The van der Waals surface area contributed by atoms with E-state index in [9.17, 15) is 4.79 Å².